The number of rotatable bonds is 5. The number of aliphatic imine (C=N–C) groups is 2. The minimum Gasteiger partial charge on any atom is -0.298 e. The molecule has 0 spiro atoms. The number of fused-ring (bicyclic) bond motifs is 1. The maximum Gasteiger partial charge on any atom is 0.155 e. The van der Waals surface area contributed by atoms with Crippen LogP contribution in [0, 0.1) is 5.92 Å². The molecule has 152 valence electrons. The van der Waals surface area contributed by atoms with E-state index in [9.17, 15) is 0 Å². The summed E-state index contributed by atoms with van der Waals surface area (Å²) in [5.74, 6) is 2.23. The molecule has 2 aliphatic heterocycles. The van der Waals surface area contributed by atoms with E-state index < -0.39 is 0 Å². The summed E-state index contributed by atoms with van der Waals surface area (Å²) >= 11 is 0. The van der Waals surface area contributed by atoms with Crippen LogP contribution in [0.1, 0.15) is 48.9 Å². The van der Waals surface area contributed by atoms with Crippen LogP contribution in [0.4, 0.5) is 0 Å². The number of nitrogens with zero attached hydrogens (tertiary/aromatic N) is 3. The molecule has 1 fully saturated rings. The Morgan fingerprint density at radius 2 is 1.67 bits per heavy atom. The van der Waals surface area contributed by atoms with E-state index in [1.807, 2.05) is 0 Å². The first kappa shape index (κ1) is 19.2. The first-order valence-corrected chi connectivity index (χ1v) is 11.0. The first-order valence-electron chi connectivity index (χ1n) is 11.0. The number of amidine groups is 1. The molecular weight excluding hydrogens is 366 g/mol. The van der Waals surface area contributed by atoms with Gasteiger partial charge < -0.3 is 0 Å². The molecule has 0 atom stereocenters. The first-order chi connectivity index (χ1) is 14.6. The van der Waals surface area contributed by atoms with Crippen LogP contribution in [0.3, 0.4) is 0 Å². The minimum absolute atomic E-state index is 0.542. The van der Waals surface area contributed by atoms with Crippen molar-refractivity contribution in [3.8, 4) is 0 Å². The van der Waals surface area contributed by atoms with Gasteiger partial charge in [-0.2, -0.15) is 0 Å². The molecule has 2 heterocycles. The van der Waals surface area contributed by atoms with Gasteiger partial charge in [0, 0.05) is 25.2 Å². The van der Waals surface area contributed by atoms with E-state index in [0.29, 0.717) is 12.5 Å². The fraction of sp³-hybridized carbons (Fsp3) is 0.333. The average molecular weight is 396 g/mol. The summed E-state index contributed by atoms with van der Waals surface area (Å²) in [6.07, 6.45) is 0. The van der Waals surface area contributed by atoms with Crippen molar-refractivity contribution in [2.75, 3.05) is 19.6 Å². The van der Waals surface area contributed by atoms with Gasteiger partial charge in [0.25, 0.3) is 0 Å². The lowest BCUT2D eigenvalue weighted by atomic mass is 9.96. The van der Waals surface area contributed by atoms with E-state index in [0.717, 1.165) is 29.6 Å². The lowest BCUT2D eigenvalue weighted by Gasteiger charge is -2.37. The van der Waals surface area contributed by atoms with Crippen LogP contribution in [-0.2, 0) is 6.54 Å². The smallest absolute Gasteiger partial charge is 0.155 e. The molecule has 30 heavy (non-hydrogen) atoms. The van der Waals surface area contributed by atoms with E-state index in [1.165, 1.54) is 40.6 Å². The second-order valence-electron chi connectivity index (χ2n) is 9.09. The Kier molecular flexibility index (Phi) is 5.00. The zero-order valence-electron chi connectivity index (χ0n) is 18.1. The number of benzene rings is 3. The molecule has 1 saturated heterocycles. The standard InChI is InChI=1S/C27H29N3/c1-18(2)20-8-10-21(11-9-20)26-14-28-27(29-26)25-13-12-22(17-30-15-19(3)16-30)23-6-4-5-7-24(23)25/h4-13,18-19H,14-17H2,1-3H3. The van der Waals surface area contributed by atoms with Gasteiger partial charge in [-0.1, -0.05) is 81.4 Å². The van der Waals surface area contributed by atoms with Crippen LogP contribution in [-0.4, -0.2) is 36.1 Å². The number of hydrogen-bond acceptors (Lipinski definition) is 3. The average Bonchev–Trinajstić information content (AvgIpc) is 3.23. The van der Waals surface area contributed by atoms with Crippen molar-refractivity contribution in [1.29, 1.82) is 0 Å². The van der Waals surface area contributed by atoms with Crippen molar-refractivity contribution in [2.24, 2.45) is 15.9 Å². The van der Waals surface area contributed by atoms with Gasteiger partial charge in [-0.3, -0.25) is 9.89 Å². The van der Waals surface area contributed by atoms with Gasteiger partial charge in [0.15, 0.2) is 5.84 Å². The highest BCUT2D eigenvalue weighted by Crippen LogP contribution is 2.28. The maximum atomic E-state index is 4.94. The second kappa shape index (κ2) is 7.81. The molecule has 3 aromatic rings. The fourth-order valence-corrected chi connectivity index (χ4v) is 4.60. The van der Waals surface area contributed by atoms with Crippen LogP contribution in [0.25, 0.3) is 10.8 Å². The van der Waals surface area contributed by atoms with Gasteiger partial charge in [-0.25, -0.2) is 4.99 Å². The predicted molar refractivity (Wildman–Crippen MR) is 127 cm³/mol. The molecule has 3 heteroatoms. The molecule has 3 aromatic carbocycles. The minimum atomic E-state index is 0.542. The third-order valence-corrected chi connectivity index (χ3v) is 6.32. The van der Waals surface area contributed by atoms with E-state index in [1.54, 1.807) is 0 Å². The van der Waals surface area contributed by atoms with Gasteiger partial charge in [-0.05, 0) is 39.3 Å². The van der Waals surface area contributed by atoms with Crippen LogP contribution in [0.15, 0.2) is 70.6 Å². The van der Waals surface area contributed by atoms with Crippen molar-refractivity contribution in [1.82, 2.24) is 4.90 Å². The second-order valence-corrected chi connectivity index (χ2v) is 9.09. The Labute approximate surface area is 179 Å². The maximum absolute atomic E-state index is 4.94. The van der Waals surface area contributed by atoms with Crippen molar-refractivity contribution in [3.05, 3.63) is 82.9 Å². The Bertz CT molecular complexity index is 1130. The van der Waals surface area contributed by atoms with Gasteiger partial charge in [0.2, 0.25) is 0 Å². The zero-order chi connectivity index (χ0) is 20.7. The van der Waals surface area contributed by atoms with Crippen molar-refractivity contribution in [3.63, 3.8) is 0 Å². The zero-order valence-corrected chi connectivity index (χ0v) is 18.1. The quantitative estimate of drug-likeness (QED) is 0.547. The monoisotopic (exact) mass is 395 g/mol. The lowest BCUT2D eigenvalue weighted by Crippen LogP contribution is -2.44. The van der Waals surface area contributed by atoms with Crippen LogP contribution in [0.5, 0.6) is 0 Å². The molecule has 0 N–H and O–H groups in total. The molecular formula is C27H29N3. The summed E-state index contributed by atoms with van der Waals surface area (Å²) in [4.78, 5) is 12.3. The van der Waals surface area contributed by atoms with Crippen molar-refractivity contribution in [2.45, 2.75) is 33.2 Å². The fourth-order valence-electron chi connectivity index (χ4n) is 4.60. The highest BCUT2D eigenvalue weighted by Gasteiger charge is 2.23. The molecule has 0 amide bonds. The van der Waals surface area contributed by atoms with Gasteiger partial charge >= 0.3 is 0 Å². The highest BCUT2D eigenvalue weighted by atomic mass is 15.2. The van der Waals surface area contributed by atoms with E-state index in [2.05, 4.69) is 86.3 Å². The largest absolute Gasteiger partial charge is 0.298 e. The third kappa shape index (κ3) is 3.59. The van der Waals surface area contributed by atoms with E-state index >= 15 is 0 Å². The topological polar surface area (TPSA) is 28.0 Å². The summed E-state index contributed by atoms with van der Waals surface area (Å²) in [5.41, 5.74) is 6.12. The summed E-state index contributed by atoms with van der Waals surface area (Å²) in [5, 5.41) is 2.57. The predicted octanol–water partition coefficient (Wildman–Crippen LogP) is 5.66. The van der Waals surface area contributed by atoms with Crippen molar-refractivity contribution < 1.29 is 0 Å². The molecule has 0 aliphatic carbocycles. The van der Waals surface area contributed by atoms with E-state index in [-0.39, 0.29) is 0 Å². The van der Waals surface area contributed by atoms with Crippen LogP contribution < -0.4 is 0 Å². The summed E-state index contributed by atoms with van der Waals surface area (Å²) in [7, 11) is 0. The highest BCUT2D eigenvalue weighted by molar-refractivity contribution is 6.20. The molecule has 2 aliphatic rings. The van der Waals surface area contributed by atoms with Crippen LogP contribution >= 0.6 is 0 Å². The Morgan fingerprint density at radius 1 is 0.933 bits per heavy atom. The lowest BCUT2D eigenvalue weighted by molar-refractivity contribution is 0.105. The Morgan fingerprint density at radius 3 is 2.37 bits per heavy atom. The van der Waals surface area contributed by atoms with Gasteiger partial charge in [0.1, 0.15) is 0 Å². The SMILES string of the molecule is CC1CN(Cc2ccc(C3=NCC(c4ccc(C(C)C)cc4)=N3)c3ccccc23)C1. The number of hydrogen-bond donors (Lipinski definition) is 0. The van der Waals surface area contributed by atoms with Crippen LogP contribution in [0.2, 0.25) is 0 Å². The molecule has 0 radical (unpaired) electrons. The molecule has 3 nitrogen and oxygen atoms in total. The molecule has 0 saturated carbocycles. The summed E-state index contributed by atoms with van der Waals surface area (Å²) < 4.78 is 0. The van der Waals surface area contributed by atoms with Gasteiger partial charge in [-0.15, -0.1) is 0 Å². The molecule has 0 bridgehead atoms. The summed E-state index contributed by atoms with van der Waals surface area (Å²) in [6.45, 7) is 10.8. The molecule has 0 unspecified atom stereocenters. The van der Waals surface area contributed by atoms with Gasteiger partial charge in [0.05, 0.1) is 12.3 Å². The number of likely N-dealkylation sites (tertiary alicyclic amines) is 1. The van der Waals surface area contributed by atoms with E-state index in [4.69, 9.17) is 9.98 Å². The normalized spacial score (nSPS) is 17.3. The Balaban J connectivity index is 1.45. The molecule has 5 rings (SSSR count). The van der Waals surface area contributed by atoms with Crippen molar-refractivity contribution >= 4 is 22.3 Å². The third-order valence-electron chi connectivity index (χ3n) is 6.32. The summed E-state index contributed by atoms with van der Waals surface area (Å²) in [6, 6.07) is 22.0. The molecule has 0 aromatic heterocycles. The Hall–Kier alpha value is -2.78.